The van der Waals surface area contributed by atoms with Crippen LogP contribution in [0.15, 0.2) is 4.47 Å². The molecule has 0 heterocycles. The molecule has 1 rings (SSSR count). The van der Waals surface area contributed by atoms with Crippen LogP contribution < -0.4 is 4.74 Å². The third-order valence-corrected chi connectivity index (χ3v) is 4.60. The van der Waals surface area contributed by atoms with Crippen molar-refractivity contribution in [3.63, 3.8) is 0 Å². The summed E-state index contributed by atoms with van der Waals surface area (Å²) >= 11 is 3.64. The molecule has 0 aromatic heterocycles. The van der Waals surface area contributed by atoms with Crippen molar-refractivity contribution in [2.75, 3.05) is 20.7 Å². The Morgan fingerprint density at radius 3 is 2.26 bits per heavy atom. The molecular formula is C15H22BrNO2. The van der Waals surface area contributed by atoms with Crippen molar-refractivity contribution >= 4 is 21.7 Å². The summed E-state index contributed by atoms with van der Waals surface area (Å²) in [5, 5.41) is 0. The standard InChI is InChI=1S/C15H22BrNO2/c1-9(18)7-17(5)8-13-12(4)14(16)10(2)11(3)15(13)19-6/h7-8H2,1-6H3. The first-order valence-corrected chi connectivity index (χ1v) is 7.09. The zero-order chi connectivity index (χ0) is 14.7. The average Bonchev–Trinajstić information content (AvgIpc) is 2.33. The van der Waals surface area contributed by atoms with E-state index < -0.39 is 0 Å². The van der Waals surface area contributed by atoms with Crippen molar-refractivity contribution < 1.29 is 9.53 Å². The van der Waals surface area contributed by atoms with Gasteiger partial charge in [0.1, 0.15) is 11.5 Å². The summed E-state index contributed by atoms with van der Waals surface area (Å²) in [6, 6.07) is 0. The second-order valence-electron chi connectivity index (χ2n) is 5.08. The summed E-state index contributed by atoms with van der Waals surface area (Å²) in [5.74, 6) is 1.09. The first-order valence-electron chi connectivity index (χ1n) is 6.29. The lowest BCUT2D eigenvalue weighted by Crippen LogP contribution is -2.24. The Morgan fingerprint density at radius 1 is 1.21 bits per heavy atom. The van der Waals surface area contributed by atoms with E-state index >= 15 is 0 Å². The third-order valence-electron chi connectivity index (χ3n) is 3.41. The van der Waals surface area contributed by atoms with E-state index in [1.165, 1.54) is 11.1 Å². The number of rotatable bonds is 5. The van der Waals surface area contributed by atoms with Gasteiger partial charge in [-0.3, -0.25) is 9.69 Å². The highest BCUT2D eigenvalue weighted by Gasteiger charge is 2.18. The molecular weight excluding hydrogens is 306 g/mol. The highest BCUT2D eigenvalue weighted by Crippen LogP contribution is 2.36. The first-order chi connectivity index (χ1) is 8.79. The number of Topliss-reactive ketones (excluding diaryl/α,β-unsaturated/α-hetero) is 1. The van der Waals surface area contributed by atoms with E-state index in [1.54, 1.807) is 14.0 Å². The van der Waals surface area contributed by atoms with Crippen molar-refractivity contribution in [3.05, 3.63) is 26.7 Å². The lowest BCUT2D eigenvalue weighted by atomic mass is 9.98. The van der Waals surface area contributed by atoms with Gasteiger partial charge in [0.25, 0.3) is 0 Å². The molecule has 1 aromatic rings. The molecule has 0 N–H and O–H groups in total. The molecule has 0 amide bonds. The number of ether oxygens (including phenoxy) is 1. The number of likely N-dealkylation sites (N-methyl/N-ethyl adjacent to an activating group) is 1. The normalized spacial score (nSPS) is 10.9. The van der Waals surface area contributed by atoms with Gasteiger partial charge in [-0.05, 0) is 51.4 Å². The van der Waals surface area contributed by atoms with E-state index in [0.717, 1.165) is 21.3 Å². The molecule has 0 aliphatic carbocycles. The topological polar surface area (TPSA) is 29.5 Å². The Bertz CT molecular complexity index is 498. The number of carbonyl (C=O) groups is 1. The molecule has 0 atom stereocenters. The average molecular weight is 328 g/mol. The molecule has 0 saturated heterocycles. The van der Waals surface area contributed by atoms with Crippen molar-refractivity contribution in [2.24, 2.45) is 0 Å². The van der Waals surface area contributed by atoms with E-state index in [0.29, 0.717) is 13.1 Å². The Balaban J connectivity index is 3.22. The zero-order valence-corrected chi connectivity index (χ0v) is 14.1. The van der Waals surface area contributed by atoms with Crippen molar-refractivity contribution in [2.45, 2.75) is 34.2 Å². The van der Waals surface area contributed by atoms with Gasteiger partial charge in [-0.15, -0.1) is 0 Å². The number of benzene rings is 1. The summed E-state index contributed by atoms with van der Waals surface area (Å²) in [5.41, 5.74) is 4.66. The fourth-order valence-corrected chi connectivity index (χ4v) is 2.85. The smallest absolute Gasteiger partial charge is 0.143 e. The summed E-state index contributed by atoms with van der Waals surface area (Å²) < 4.78 is 6.69. The molecule has 0 aliphatic heterocycles. The highest BCUT2D eigenvalue weighted by atomic mass is 79.9. The monoisotopic (exact) mass is 327 g/mol. The van der Waals surface area contributed by atoms with Crippen LogP contribution in [0.3, 0.4) is 0 Å². The van der Waals surface area contributed by atoms with Crippen LogP contribution in [0.5, 0.6) is 5.75 Å². The number of methoxy groups -OCH3 is 1. The molecule has 106 valence electrons. The van der Waals surface area contributed by atoms with E-state index in [1.807, 2.05) is 11.9 Å². The van der Waals surface area contributed by atoms with Crippen LogP contribution in [0.2, 0.25) is 0 Å². The van der Waals surface area contributed by atoms with Crippen molar-refractivity contribution in [1.29, 1.82) is 0 Å². The van der Waals surface area contributed by atoms with Gasteiger partial charge < -0.3 is 4.74 Å². The Hall–Kier alpha value is -0.870. The summed E-state index contributed by atoms with van der Waals surface area (Å²) in [7, 11) is 3.65. The minimum atomic E-state index is 0.169. The molecule has 0 fully saturated rings. The maximum absolute atomic E-state index is 11.2. The molecule has 0 radical (unpaired) electrons. The molecule has 1 aromatic carbocycles. The zero-order valence-electron chi connectivity index (χ0n) is 12.6. The number of ketones is 1. The van der Waals surface area contributed by atoms with Crippen LogP contribution in [0.4, 0.5) is 0 Å². The molecule has 0 unspecified atom stereocenters. The van der Waals surface area contributed by atoms with Gasteiger partial charge >= 0.3 is 0 Å². The van der Waals surface area contributed by atoms with Gasteiger partial charge in [-0.25, -0.2) is 0 Å². The maximum atomic E-state index is 11.2. The van der Waals surface area contributed by atoms with Gasteiger partial charge in [-0.2, -0.15) is 0 Å². The lowest BCUT2D eigenvalue weighted by Gasteiger charge is -2.22. The number of nitrogens with zero attached hydrogens (tertiary/aromatic N) is 1. The van der Waals surface area contributed by atoms with Crippen LogP contribution in [0.25, 0.3) is 0 Å². The van der Waals surface area contributed by atoms with Gasteiger partial charge in [0.15, 0.2) is 0 Å². The molecule has 4 heteroatoms. The van der Waals surface area contributed by atoms with Gasteiger partial charge in [0.05, 0.1) is 13.7 Å². The number of hydrogen-bond acceptors (Lipinski definition) is 3. The molecule has 0 bridgehead atoms. The Labute approximate surface area is 124 Å². The number of hydrogen-bond donors (Lipinski definition) is 0. The highest BCUT2D eigenvalue weighted by molar-refractivity contribution is 9.10. The molecule has 0 aliphatic rings. The largest absolute Gasteiger partial charge is 0.496 e. The van der Waals surface area contributed by atoms with Crippen LogP contribution in [-0.4, -0.2) is 31.4 Å². The fraction of sp³-hybridized carbons (Fsp3) is 0.533. The lowest BCUT2D eigenvalue weighted by molar-refractivity contribution is -0.117. The van der Waals surface area contributed by atoms with Crippen molar-refractivity contribution in [3.8, 4) is 5.75 Å². The minimum Gasteiger partial charge on any atom is -0.496 e. The second kappa shape index (κ2) is 6.53. The fourth-order valence-electron chi connectivity index (χ4n) is 2.32. The quantitative estimate of drug-likeness (QED) is 0.830. The van der Waals surface area contributed by atoms with E-state index in [4.69, 9.17) is 4.74 Å². The SMILES string of the molecule is COc1c(C)c(C)c(Br)c(C)c1CN(C)CC(C)=O. The number of halogens is 1. The van der Waals surface area contributed by atoms with Gasteiger partial charge in [0, 0.05) is 16.6 Å². The summed E-state index contributed by atoms with van der Waals surface area (Å²) in [4.78, 5) is 13.2. The molecule has 3 nitrogen and oxygen atoms in total. The van der Waals surface area contributed by atoms with Crippen LogP contribution in [-0.2, 0) is 11.3 Å². The predicted octanol–water partition coefficient (Wildman–Crippen LogP) is 3.40. The maximum Gasteiger partial charge on any atom is 0.143 e. The third kappa shape index (κ3) is 3.57. The first kappa shape index (κ1) is 16.2. The second-order valence-corrected chi connectivity index (χ2v) is 5.87. The Kier molecular flexibility index (Phi) is 5.56. The Morgan fingerprint density at radius 2 is 1.79 bits per heavy atom. The minimum absolute atomic E-state index is 0.169. The summed E-state index contributed by atoms with van der Waals surface area (Å²) in [6.07, 6.45) is 0. The summed E-state index contributed by atoms with van der Waals surface area (Å²) in [6.45, 7) is 8.99. The molecule has 0 spiro atoms. The van der Waals surface area contributed by atoms with Crippen LogP contribution >= 0.6 is 15.9 Å². The van der Waals surface area contributed by atoms with Gasteiger partial charge in [0.2, 0.25) is 0 Å². The van der Waals surface area contributed by atoms with E-state index in [-0.39, 0.29) is 5.78 Å². The van der Waals surface area contributed by atoms with E-state index in [2.05, 4.69) is 36.7 Å². The van der Waals surface area contributed by atoms with E-state index in [9.17, 15) is 4.79 Å². The molecule has 19 heavy (non-hydrogen) atoms. The van der Waals surface area contributed by atoms with Crippen LogP contribution in [0.1, 0.15) is 29.2 Å². The van der Waals surface area contributed by atoms with Crippen LogP contribution in [0, 0.1) is 20.8 Å². The van der Waals surface area contributed by atoms with Crippen molar-refractivity contribution in [1.82, 2.24) is 4.90 Å². The molecule has 0 saturated carbocycles. The van der Waals surface area contributed by atoms with Gasteiger partial charge in [-0.1, -0.05) is 15.9 Å². The predicted molar refractivity (Wildman–Crippen MR) is 81.9 cm³/mol. The number of carbonyl (C=O) groups excluding carboxylic acids is 1.